The normalized spacial score (nSPS) is 10.4. The van der Waals surface area contributed by atoms with Gasteiger partial charge in [0.15, 0.2) is 0 Å². The molecule has 100 valence electrons. The fourth-order valence-electron chi connectivity index (χ4n) is 1.74. The summed E-state index contributed by atoms with van der Waals surface area (Å²) in [5.41, 5.74) is 7.22. The van der Waals surface area contributed by atoms with Crippen LogP contribution in [-0.2, 0) is 11.2 Å². The van der Waals surface area contributed by atoms with Crippen molar-refractivity contribution in [2.24, 2.45) is 0 Å². The molecule has 0 fully saturated rings. The number of nitrogen functional groups attached to an aromatic ring is 1. The fourth-order valence-corrected chi connectivity index (χ4v) is 1.86. The van der Waals surface area contributed by atoms with Crippen LogP contribution in [0.4, 0.5) is 5.69 Å². The number of nitrogens with zero attached hydrogens (tertiary/aromatic N) is 1. The zero-order chi connectivity index (χ0) is 13.5. The Morgan fingerprint density at radius 2 is 2.22 bits per heavy atom. The van der Waals surface area contributed by atoms with Crippen molar-refractivity contribution in [1.29, 1.82) is 0 Å². The van der Waals surface area contributed by atoms with Crippen LogP contribution in [0.3, 0.4) is 0 Å². The predicted molar refractivity (Wildman–Crippen MR) is 73.5 cm³/mol. The number of rotatable bonds is 6. The van der Waals surface area contributed by atoms with Crippen molar-refractivity contribution < 1.29 is 9.90 Å². The van der Waals surface area contributed by atoms with E-state index in [9.17, 15) is 4.79 Å². The molecule has 0 aromatic heterocycles. The maximum atomic E-state index is 11.8. The average Bonchev–Trinajstić information content (AvgIpc) is 2.37. The third kappa shape index (κ3) is 4.20. The number of hydrogen-bond donors (Lipinski definition) is 2. The molecule has 1 aromatic carbocycles. The number of amides is 1. The van der Waals surface area contributed by atoms with Gasteiger partial charge in [0.2, 0.25) is 5.91 Å². The summed E-state index contributed by atoms with van der Waals surface area (Å²) in [4.78, 5) is 13.5. The molecule has 3 N–H and O–H groups in total. The number of nitrogens with two attached hydrogens (primary N) is 1. The smallest absolute Gasteiger partial charge is 0.222 e. The van der Waals surface area contributed by atoms with Crippen molar-refractivity contribution >= 4 is 23.2 Å². The topological polar surface area (TPSA) is 66.6 Å². The Balaban J connectivity index is 2.53. The molecule has 5 heteroatoms. The van der Waals surface area contributed by atoms with Crippen LogP contribution in [0.2, 0.25) is 5.02 Å². The average molecular weight is 271 g/mol. The number of aliphatic hydroxyl groups excluding tert-OH is 1. The summed E-state index contributed by atoms with van der Waals surface area (Å²) in [6.45, 7) is 2.89. The summed E-state index contributed by atoms with van der Waals surface area (Å²) in [6.07, 6.45) is 1.04. The number of hydrogen-bond acceptors (Lipinski definition) is 3. The van der Waals surface area contributed by atoms with Gasteiger partial charge in [-0.3, -0.25) is 4.79 Å². The summed E-state index contributed by atoms with van der Waals surface area (Å²) in [7, 11) is 0. The van der Waals surface area contributed by atoms with Crippen LogP contribution in [0.1, 0.15) is 18.9 Å². The number of anilines is 1. The van der Waals surface area contributed by atoms with Crippen molar-refractivity contribution in [2.75, 3.05) is 25.4 Å². The van der Waals surface area contributed by atoms with Crippen molar-refractivity contribution in [3.8, 4) is 0 Å². The van der Waals surface area contributed by atoms with Gasteiger partial charge in [-0.15, -0.1) is 0 Å². The van der Waals surface area contributed by atoms with E-state index in [1.54, 1.807) is 17.0 Å². The molecule has 0 aliphatic rings. The minimum absolute atomic E-state index is 0.00648. The number of carbonyl (C=O) groups is 1. The number of benzene rings is 1. The van der Waals surface area contributed by atoms with Crippen LogP contribution in [-0.4, -0.2) is 35.6 Å². The Labute approximate surface area is 112 Å². The van der Waals surface area contributed by atoms with Crippen LogP contribution >= 0.6 is 11.6 Å². The quantitative estimate of drug-likeness (QED) is 0.773. The van der Waals surface area contributed by atoms with E-state index in [1.807, 2.05) is 13.0 Å². The highest BCUT2D eigenvalue weighted by molar-refractivity contribution is 6.33. The van der Waals surface area contributed by atoms with Crippen molar-refractivity contribution in [3.63, 3.8) is 0 Å². The van der Waals surface area contributed by atoms with Gasteiger partial charge in [-0.1, -0.05) is 17.7 Å². The summed E-state index contributed by atoms with van der Waals surface area (Å²) < 4.78 is 0. The van der Waals surface area contributed by atoms with E-state index in [2.05, 4.69) is 0 Å². The number of likely N-dealkylation sites (N-methyl/N-ethyl adjacent to an activating group) is 1. The zero-order valence-corrected chi connectivity index (χ0v) is 11.3. The third-order valence-electron chi connectivity index (χ3n) is 2.79. The molecule has 0 atom stereocenters. The number of aliphatic hydroxyl groups is 1. The first-order valence-electron chi connectivity index (χ1n) is 6.01. The van der Waals surface area contributed by atoms with Gasteiger partial charge in [0.1, 0.15) is 0 Å². The Morgan fingerprint density at radius 1 is 1.50 bits per heavy atom. The van der Waals surface area contributed by atoms with Gasteiger partial charge in [0.05, 0.1) is 17.3 Å². The van der Waals surface area contributed by atoms with E-state index in [-0.39, 0.29) is 12.5 Å². The van der Waals surface area contributed by atoms with Crippen molar-refractivity contribution in [1.82, 2.24) is 4.90 Å². The standard InChI is InChI=1S/C13H19ClN2O2/c1-2-16(7-8-17)13(18)6-4-10-3-5-11(14)12(15)9-10/h3,5,9,17H,2,4,6-8,15H2,1H3. The van der Waals surface area contributed by atoms with E-state index in [0.717, 1.165) is 5.56 Å². The zero-order valence-electron chi connectivity index (χ0n) is 10.5. The summed E-state index contributed by atoms with van der Waals surface area (Å²) in [5.74, 6) is 0.0417. The molecule has 0 aliphatic carbocycles. The minimum Gasteiger partial charge on any atom is -0.398 e. The number of carbonyl (C=O) groups excluding carboxylic acids is 1. The lowest BCUT2D eigenvalue weighted by atomic mass is 10.1. The Hall–Kier alpha value is -1.26. The second-order valence-electron chi connectivity index (χ2n) is 4.05. The first kappa shape index (κ1) is 14.8. The monoisotopic (exact) mass is 270 g/mol. The third-order valence-corrected chi connectivity index (χ3v) is 3.14. The Bertz CT molecular complexity index is 410. The van der Waals surface area contributed by atoms with Crippen LogP contribution < -0.4 is 5.73 Å². The lowest BCUT2D eigenvalue weighted by Gasteiger charge is -2.19. The molecule has 0 bridgehead atoms. The first-order valence-corrected chi connectivity index (χ1v) is 6.38. The van der Waals surface area contributed by atoms with Gasteiger partial charge in [-0.05, 0) is 31.0 Å². The van der Waals surface area contributed by atoms with Crippen molar-refractivity contribution in [3.05, 3.63) is 28.8 Å². The molecule has 1 amide bonds. The molecule has 0 saturated heterocycles. The minimum atomic E-state index is -0.00648. The molecule has 1 rings (SSSR count). The number of halogens is 1. The van der Waals surface area contributed by atoms with Crippen molar-refractivity contribution in [2.45, 2.75) is 19.8 Å². The van der Waals surface area contributed by atoms with Crippen LogP contribution in [0.5, 0.6) is 0 Å². The van der Waals surface area contributed by atoms with Gasteiger partial charge in [0.25, 0.3) is 0 Å². The first-order chi connectivity index (χ1) is 8.58. The molecule has 0 radical (unpaired) electrons. The maximum Gasteiger partial charge on any atom is 0.222 e. The molecule has 18 heavy (non-hydrogen) atoms. The van der Waals surface area contributed by atoms with Crippen LogP contribution in [0.15, 0.2) is 18.2 Å². The second kappa shape index (κ2) is 7.24. The highest BCUT2D eigenvalue weighted by atomic mass is 35.5. The van der Waals surface area contributed by atoms with E-state index in [0.29, 0.717) is 36.6 Å². The largest absolute Gasteiger partial charge is 0.398 e. The van der Waals surface area contributed by atoms with E-state index in [4.69, 9.17) is 22.4 Å². The van der Waals surface area contributed by atoms with E-state index < -0.39 is 0 Å². The highest BCUT2D eigenvalue weighted by Crippen LogP contribution is 2.20. The lowest BCUT2D eigenvalue weighted by Crippen LogP contribution is -2.33. The Kier molecular flexibility index (Phi) is 5.95. The summed E-state index contributed by atoms with van der Waals surface area (Å²) in [6, 6.07) is 5.40. The summed E-state index contributed by atoms with van der Waals surface area (Å²) >= 11 is 5.83. The van der Waals surface area contributed by atoms with Gasteiger partial charge in [0, 0.05) is 19.5 Å². The van der Waals surface area contributed by atoms with Crippen LogP contribution in [0, 0.1) is 0 Å². The molecule has 4 nitrogen and oxygen atoms in total. The second-order valence-corrected chi connectivity index (χ2v) is 4.46. The molecular weight excluding hydrogens is 252 g/mol. The van der Waals surface area contributed by atoms with Gasteiger partial charge >= 0.3 is 0 Å². The van der Waals surface area contributed by atoms with Gasteiger partial charge in [-0.2, -0.15) is 0 Å². The molecule has 0 aliphatic heterocycles. The predicted octanol–water partition coefficient (Wildman–Crippen LogP) is 1.70. The van der Waals surface area contributed by atoms with Crippen LogP contribution in [0.25, 0.3) is 0 Å². The molecule has 0 spiro atoms. The lowest BCUT2D eigenvalue weighted by molar-refractivity contribution is -0.131. The molecule has 0 unspecified atom stereocenters. The number of aryl methyl sites for hydroxylation is 1. The molecular formula is C13H19ClN2O2. The highest BCUT2D eigenvalue weighted by Gasteiger charge is 2.11. The Morgan fingerprint density at radius 3 is 2.78 bits per heavy atom. The van der Waals surface area contributed by atoms with Gasteiger partial charge in [-0.25, -0.2) is 0 Å². The van der Waals surface area contributed by atoms with Gasteiger partial charge < -0.3 is 15.7 Å². The maximum absolute atomic E-state index is 11.8. The fraction of sp³-hybridized carbons (Fsp3) is 0.462. The van der Waals surface area contributed by atoms with E-state index >= 15 is 0 Å². The van der Waals surface area contributed by atoms with E-state index in [1.165, 1.54) is 0 Å². The SMILES string of the molecule is CCN(CCO)C(=O)CCc1ccc(Cl)c(N)c1. The molecule has 0 saturated carbocycles. The molecule has 1 aromatic rings. The summed E-state index contributed by atoms with van der Waals surface area (Å²) in [5, 5.41) is 9.37. The molecule has 0 heterocycles.